The molecule has 0 saturated carbocycles. The Morgan fingerprint density at radius 3 is 2.57 bits per heavy atom. The van der Waals surface area contributed by atoms with Crippen molar-refractivity contribution in [2.75, 3.05) is 10.6 Å². The molecule has 3 rings (SSSR count). The molecule has 2 amide bonds. The minimum Gasteiger partial charge on any atom is -0.326 e. The number of alkyl halides is 2. The zero-order chi connectivity index (χ0) is 20.1. The van der Waals surface area contributed by atoms with Gasteiger partial charge in [-0.2, -0.15) is 8.78 Å². The number of carbonyl (C=O) groups excluding carboxylic acids is 2. The number of hydrogen-bond donors (Lipinski definition) is 2. The summed E-state index contributed by atoms with van der Waals surface area (Å²) in [5.74, 6) is -3.39. The van der Waals surface area contributed by atoms with Gasteiger partial charge in [0.1, 0.15) is 5.03 Å². The highest BCUT2D eigenvalue weighted by molar-refractivity contribution is 7.99. The standard InChI is InChI=1S/C18H14F2N4O2S2/c1-10(25)22-12-6-4-11(5-7-12)14-9-27-18(23-14)24-15(26)13-3-2-8-21-16(13)28-17(19)20/h2-9,17H,1H3,(H,22,25)(H,23,24,26). The first-order valence-electron chi connectivity index (χ1n) is 7.97. The molecule has 144 valence electrons. The predicted octanol–water partition coefficient (Wildman–Crippen LogP) is 4.73. The smallest absolute Gasteiger partial charge is 0.290 e. The van der Waals surface area contributed by atoms with Crippen LogP contribution in [0.3, 0.4) is 0 Å². The number of rotatable bonds is 6. The van der Waals surface area contributed by atoms with Crippen LogP contribution in [0, 0.1) is 0 Å². The van der Waals surface area contributed by atoms with Crippen molar-refractivity contribution in [1.82, 2.24) is 9.97 Å². The van der Waals surface area contributed by atoms with Gasteiger partial charge >= 0.3 is 0 Å². The molecular weight excluding hydrogens is 406 g/mol. The van der Waals surface area contributed by atoms with Crippen LogP contribution in [0.15, 0.2) is 53.0 Å². The summed E-state index contributed by atoms with van der Waals surface area (Å²) >= 11 is 1.43. The zero-order valence-electron chi connectivity index (χ0n) is 14.5. The molecule has 6 nitrogen and oxygen atoms in total. The average Bonchev–Trinajstić information content (AvgIpc) is 3.10. The van der Waals surface area contributed by atoms with Gasteiger partial charge in [0, 0.05) is 29.8 Å². The van der Waals surface area contributed by atoms with E-state index < -0.39 is 11.7 Å². The first-order chi connectivity index (χ1) is 13.4. The molecule has 0 fully saturated rings. The fourth-order valence-corrected chi connectivity index (χ4v) is 3.59. The summed E-state index contributed by atoms with van der Waals surface area (Å²) in [6.45, 7) is 1.43. The second-order valence-corrected chi connectivity index (χ2v) is 7.32. The third-order valence-corrected chi connectivity index (χ3v) is 4.93. The second kappa shape index (κ2) is 8.89. The topological polar surface area (TPSA) is 84.0 Å². The van der Waals surface area contributed by atoms with E-state index in [-0.39, 0.29) is 28.3 Å². The summed E-state index contributed by atoms with van der Waals surface area (Å²) < 4.78 is 25.3. The molecule has 0 aliphatic rings. The Morgan fingerprint density at radius 2 is 1.89 bits per heavy atom. The number of thiazole rings is 1. The minimum absolute atomic E-state index is 0.0414. The lowest BCUT2D eigenvalue weighted by Gasteiger charge is -2.06. The molecule has 2 heterocycles. The number of anilines is 2. The highest BCUT2D eigenvalue weighted by atomic mass is 32.2. The van der Waals surface area contributed by atoms with Crippen LogP contribution < -0.4 is 10.6 Å². The molecule has 10 heteroatoms. The van der Waals surface area contributed by atoms with E-state index in [1.165, 1.54) is 36.6 Å². The van der Waals surface area contributed by atoms with Crippen molar-refractivity contribution in [3.63, 3.8) is 0 Å². The van der Waals surface area contributed by atoms with Crippen molar-refractivity contribution in [3.05, 3.63) is 53.5 Å². The molecule has 0 aliphatic carbocycles. The Bertz CT molecular complexity index is 993. The summed E-state index contributed by atoms with van der Waals surface area (Å²) in [7, 11) is 0. The summed E-state index contributed by atoms with van der Waals surface area (Å²) in [6, 6.07) is 10.0. The molecule has 2 N–H and O–H groups in total. The van der Waals surface area contributed by atoms with Crippen molar-refractivity contribution in [2.45, 2.75) is 17.7 Å². The fraction of sp³-hybridized carbons (Fsp3) is 0.111. The molecule has 1 aromatic carbocycles. The van der Waals surface area contributed by atoms with E-state index in [1.54, 1.807) is 29.6 Å². The molecule has 28 heavy (non-hydrogen) atoms. The first kappa shape index (κ1) is 19.9. The Kier molecular flexibility index (Phi) is 6.32. The largest absolute Gasteiger partial charge is 0.326 e. The monoisotopic (exact) mass is 420 g/mol. The summed E-state index contributed by atoms with van der Waals surface area (Å²) in [6.07, 6.45) is 1.35. The van der Waals surface area contributed by atoms with E-state index in [0.717, 1.165) is 5.56 Å². The maximum absolute atomic E-state index is 12.6. The second-order valence-electron chi connectivity index (χ2n) is 5.49. The molecule has 3 aromatic rings. The third-order valence-electron chi connectivity index (χ3n) is 3.44. The van der Waals surface area contributed by atoms with Crippen LogP contribution in [0.25, 0.3) is 11.3 Å². The van der Waals surface area contributed by atoms with E-state index in [1.807, 2.05) is 0 Å². The molecule has 0 spiro atoms. The Hall–Kier alpha value is -2.85. The number of carbonyl (C=O) groups is 2. The number of thioether (sulfide) groups is 1. The van der Waals surface area contributed by atoms with Crippen LogP contribution in [0.5, 0.6) is 0 Å². The summed E-state index contributed by atoms with van der Waals surface area (Å²) in [5.41, 5.74) is 2.18. The van der Waals surface area contributed by atoms with Gasteiger partial charge in [-0.05, 0) is 36.0 Å². The van der Waals surface area contributed by atoms with Gasteiger partial charge in [-0.3, -0.25) is 14.9 Å². The van der Waals surface area contributed by atoms with Crippen LogP contribution in [0.1, 0.15) is 17.3 Å². The predicted molar refractivity (Wildman–Crippen MR) is 106 cm³/mol. The van der Waals surface area contributed by atoms with Crippen LogP contribution >= 0.6 is 23.1 Å². The van der Waals surface area contributed by atoms with Gasteiger partial charge in [-0.15, -0.1) is 11.3 Å². The SMILES string of the molecule is CC(=O)Nc1ccc(-c2csc(NC(=O)c3cccnc3SC(F)F)n2)cc1. The number of halogens is 2. The van der Waals surface area contributed by atoms with E-state index in [2.05, 4.69) is 20.6 Å². The van der Waals surface area contributed by atoms with Crippen molar-refractivity contribution in [1.29, 1.82) is 0 Å². The minimum atomic E-state index is -2.67. The summed E-state index contributed by atoms with van der Waals surface area (Å²) in [4.78, 5) is 31.7. The fourth-order valence-electron chi connectivity index (χ4n) is 2.30. The maximum Gasteiger partial charge on any atom is 0.290 e. The molecule has 0 atom stereocenters. The van der Waals surface area contributed by atoms with Crippen LogP contribution in [-0.2, 0) is 4.79 Å². The van der Waals surface area contributed by atoms with Gasteiger partial charge in [0.05, 0.1) is 11.3 Å². The quantitative estimate of drug-likeness (QED) is 0.563. The Balaban J connectivity index is 1.73. The highest BCUT2D eigenvalue weighted by Crippen LogP contribution is 2.29. The van der Waals surface area contributed by atoms with Crippen LogP contribution in [-0.4, -0.2) is 27.5 Å². The first-order valence-corrected chi connectivity index (χ1v) is 9.73. The number of benzene rings is 1. The van der Waals surface area contributed by atoms with Gasteiger partial charge in [-0.1, -0.05) is 12.1 Å². The lowest BCUT2D eigenvalue weighted by molar-refractivity contribution is -0.114. The zero-order valence-corrected chi connectivity index (χ0v) is 16.1. The highest BCUT2D eigenvalue weighted by Gasteiger charge is 2.18. The molecule has 0 radical (unpaired) electrons. The molecular formula is C18H14F2N4O2S2. The summed E-state index contributed by atoms with van der Waals surface area (Å²) in [5, 5.41) is 7.35. The number of aromatic nitrogens is 2. The van der Waals surface area contributed by atoms with Gasteiger partial charge in [-0.25, -0.2) is 9.97 Å². The lowest BCUT2D eigenvalue weighted by Crippen LogP contribution is -2.13. The van der Waals surface area contributed by atoms with Crippen LogP contribution in [0.4, 0.5) is 19.6 Å². The average molecular weight is 420 g/mol. The molecule has 0 saturated heterocycles. The third kappa shape index (κ3) is 5.11. The molecule has 2 aromatic heterocycles. The van der Waals surface area contributed by atoms with Crippen LogP contribution in [0.2, 0.25) is 0 Å². The molecule has 0 aliphatic heterocycles. The van der Waals surface area contributed by atoms with E-state index in [9.17, 15) is 18.4 Å². The van der Waals surface area contributed by atoms with Gasteiger partial charge < -0.3 is 5.32 Å². The Labute approximate surface area is 167 Å². The van der Waals surface area contributed by atoms with Gasteiger partial charge in [0.25, 0.3) is 11.7 Å². The number of hydrogen-bond acceptors (Lipinski definition) is 6. The normalized spacial score (nSPS) is 10.7. The van der Waals surface area contributed by atoms with E-state index in [4.69, 9.17) is 0 Å². The number of nitrogens with zero attached hydrogens (tertiary/aromatic N) is 2. The number of amides is 2. The van der Waals surface area contributed by atoms with Crippen molar-refractivity contribution < 1.29 is 18.4 Å². The van der Waals surface area contributed by atoms with E-state index in [0.29, 0.717) is 16.5 Å². The maximum atomic E-state index is 12.6. The van der Waals surface area contributed by atoms with Gasteiger partial charge in [0.15, 0.2) is 5.13 Å². The van der Waals surface area contributed by atoms with Gasteiger partial charge in [0.2, 0.25) is 5.91 Å². The lowest BCUT2D eigenvalue weighted by atomic mass is 10.1. The number of nitrogens with one attached hydrogen (secondary N) is 2. The Morgan fingerprint density at radius 1 is 1.14 bits per heavy atom. The van der Waals surface area contributed by atoms with Crippen molar-refractivity contribution in [2.24, 2.45) is 0 Å². The molecule has 0 unspecified atom stereocenters. The van der Waals surface area contributed by atoms with E-state index >= 15 is 0 Å². The molecule has 0 bridgehead atoms. The number of pyridine rings is 1. The van der Waals surface area contributed by atoms with Crippen molar-refractivity contribution >= 4 is 45.7 Å². The van der Waals surface area contributed by atoms with Crippen molar-refractivity contribution in [3.8, 4) is 11.3 Å².